The predicted octanol–water partition coefficient (Wildman–Crippen LogP) is 4.14. The fourth-order valence-electron chi connectivity index (χ4n) is 3.45. The standard InChI is InChI=1S/C21H24N4S/c1-16-17(2)26-21-19(16)20(22-15-23-21)25-13-11-24(12-14-25)10-6-9-18-7-4-3-5-8-18/h3-9,15H,10-14H2,1-2H3/b9-6-. The summed E-state index contributed by atoms with van der Waals surface area (Å²) in [5.74, 6) is 1.11. The zero-order chi connectivity index (χ0) is 17.9. The number of fused-ring (bicyclic) bond motifs is 1. The van der Waals surface area contributed by atoms with E-state index in [1.165, 1.54) is 21.4 Å². The summed E-state index contributed by atoms with van der Waals surface area (Å²) in [7, 11) is 0. The molecule has 134 valence electrons. The minimum Gasteiger partial charge on any atom is -0.353 e. The lowest BCUT2D eigenvalue weighted by molar-refractivity contribution is 0.284. The summed E-state index contributed by atoms with van der Waals surface area (Å²) < 4.78 is 0. The van der Waals surface area contributed by atoms with Gasteiger partial charge < -0.3 is 4.90 Å². The smallest absolute Gasteiger partial charge is 0.141 e. The monoisotopic (exact) mass is 364 g/mol. The van der Waals surface area contributed by atoms with Crippen LogP contribution in [0.4, 0.5) is 5.82 Å². The van der Waals surface area contributed by atoms with Crippen LogP contribution in [0.2, 0.25) is 0 Å². The molecule has 3 aromatic rings. The van der Waals surface area contributed by atoms with Crippen molar-refractivity contribution in [1.29, 1.82) is 0 Å². The van der Waals surface area contributed by atoms with Gasteiger partial charge in [0, 0.05) is 37.6 Å². The summed E-state index contributed by atoms with van der Waals surface area (Å²) in [6, 6.07) is 10.5. The molecule has 0 aliphatic carbocycles. The molecule has 5 heteroatoms. The van der Waals surface area contributed by atoms with Crippen molar-refractivity contribution in [2.45, 2.75) is 13.8 Å². The highest BCUT2D eigenvalue weighted by Crippen LogP contribution is 2.34. The molecule has 1 aromatic carbocycles. The first-order valence-electron chi connectivity index (χ1n) is 9.12. The summed E-state index contributed by atoms with van der Waals surface area (Å²) in [5.41, 5.74) is 2.59. The fourth-order valence-corrected chi connectivity index (χ4v) is 4.44. The Morgan fingerprint density at radius 3 is 2.58 bits per heavy atom. The second-order valence-electron chi connectivity index (χ2n) is 6.76. The number of hydrogen-bond donors (Lipinski definition) is 0. The van der Waals surface area contributed by atoms with E-state index in [0.29, 0.717) is 0 Å². The van der Waals surface area contributed by atoms with Crippen LogP contribution in [0.1, 0.15) is 16.0 Å². The molecule has 0 atom stereocenters. The van der Waals surface area contributed by atoms with Crippen molar-refractivity contribution < 1.29 is 0 Å². The Morgan fingerprint density at radius 1 is 1.04 bits per heavy atom. The van der Waals surface area contributed by atoms with E-state index in [4.69, 9.17) is 0 Å². The van der Waals surface area contributed by atoms with Crippen LogP contribution in [-0.4, -0.2) is 47.6 Å². The van der Waals surface area contributed by atoms with E-state index in [1.807, 2.05) is 0 Å². The number of thiophene rings is 1. The molecular weight excluding hydrogens is 340 g/mol. The van der Waals surface area contributed by atoms with Gasteiger partial charge in [0.1, 0.15) is 17.0 Å². The Labute approximate surface area is 158 Å². The van der Waals surface area contributed by atoms with Crippen molar-refractivity contribution in [3.63, 3.8) is 0 Å². The molecule has 1 aliphatic rings. The lowest BCUT2D eigenvalue weighted by atomic mass is 10.2. The third kappa shape index (κ3) is 3.50. The molecule has 0 N–H and O–H groups in total. The van der Waals surface area contributed by atoms with Crippen LogP contribution in [0.5, 0.6) is 0 Å². The Hall–Kier alpha value is -2.24. The first kappa shape index (κ1) is 17.2. The molecule has 4 rings (SSSR count). The zero-order valence-corrected chi connectivity index (χ0v) is 16.2. The maximum atomic E-state index is 4.62. The van der Waals surface area contributed by atoms with Crippen LogP contribution in [0.25, 0.3) is 16.3 Å². The highest BCUT2D eigenvalue weighted by molar-refractivity contribution is 7.18. The van der Waals surface area contributed by atoms with Gasteiger partial charge in [-0.2, -0.15) is 0 Å². The molecule has 1 fully saturated rings. The Balaban J connectivity index is 1.40. The second-order valence-corrected chi connectivity index (χ2v) is 7.96. The summed E-state index contributed by atoms with van der Waals surface area (Å²) in [5, 5.41) is 1.24. The Kier molecular flexibility index (Phi) is 5.00. The summed E-state index contributed by atoms with van der Waals surface area (Å²) >= 11 is 1.77. The van der Waals surface area contributed by atoms with E-state index >= 15 is 0 Å². The van der Waals surface area contributed by atoms with Crippen LogP contribution in [0.3, 0.4) is 0 Å². The molecule has 0 saturated carbocycles. The highest BCUT2D eigenvalue weighted by Gasteiger charge is 2.21. The molecular formula is C21H24N4S. The number of anilines is 1. The molecule has 0 unspecified atom stereocenters. The first-order valence-corrected chi connectivity index (χ1v) is 9.93. The minimum absolute atomic E-state index is 0.999. The van der Waals surface area contributed by atoms with Crippen molar-refractivity contribution in [3.8, 4) is 0 Å². The van der Waals surface area contributed by atoms with E-state index in [2.05, 4.69) is 76.1 Å². The Morgan fingerprint density at radius 2 is 1.81 bits per heavy atom. The summed E-state index contributed by atoms with van der Waals surface area (Å²) in [6.07, 6.45) is 6.18. The quantitative estimate of drug-likeness (QED) is 0.696. The van der Waals surface area contributed by atoms with Crippen molar-refractivity contribution in [3.05, 3.63) is 58.7 Å². The number of aryl methyl sites for hydroxylation is 2. The van der Waals surface area contributed by atoms with E-state index in [-0.39, 0.29) is 0 Å². The SMILES string of the molecule is Cc1sc2ncnc(N3CCN(C/C=C\c4ccccc4)CC3)c2c1C. The molecule has 4 nitrogen and oxygen atoms in total. The van der Waals surface area contributed by atoms with E-state index in [1.54, 1.807) is 17.7 Å². The summed E-state index contributed by atoms with van der Waals surface area (Å²) in [6.45, 7) is 9.51. The maximum Gasteiger partial charge on any atom is 0.141 e. The van der Waals surface area contributed by atoms with Crippen molar-refractivity contribution >= 4 is 33.4 Å². The third-order valence-electron chi connectivity index (χ3n) is 5.09. The van der Waals surface area contributed by atoms with Gasteiger partial charge in [-0.3, -0.25) is 4.90 Å². The number of nitrogens with zero attached hydrogens (tertiary/aromatic N) is 4. The van der Waals surface area contributed by atoms with Crippen molar-refractivity contribution in [2.24, 2.45) is 0 Å². The van der Waals surface area contributed by atoms with Crippen LogP contribution < -0.4 is 4.90 Å². The lowest BCUT2D eigenvalue weighted by Crippen LogP contribution is -2.46. The van der Waals surface area contributed by atoms with Crippen LogP contribution >= 0.6 is 11.3 Å². The van der Waals surface area contributed by atoms with Gasteiger partial charge in [-0.25, -0.2) is 9.97 Å². The fraction of sp³-hybridized carbons (Fsp3) is 0.333. The minimum atomic E-state index is 0.999. The van der Waals surface area contributed by atoms with Gasteiger partial charge in [-0.15, -0.1) is 11.3 Å². The van der Waals surface area contributed by atoms with Gasteiger partial charge in [-0.05, 0) is 25.0 Å². The van der Waals surface area contributed by atoms with E-state index in [0.717, 1.165) is 43.4 Å². The largest absolute Gasteiger partial charge is 0.353 e. The van der Waals surface area contributed by atoms with Gasteiger partial charge in [0.2, 0.25) is 0 Å². The van der Waals surface area contributed by atoms with Gasteiger partial charge in [0.15, 0.2) is 0 Å². The van der Waals surface area contributed by atoms with E-state index in [9.17, 15) is 0 Å². The summed E-state index contributed by atoms with van der Waals surface area (Å²) in [4.78, 5) is 16.5. The molecule has 2 aromatic heterocycles. The number of piperazine rings is 1. The maximum absolute atomic E-state index is 4.62. The first-order chi connectivity index (χ1) is 12.7. The lowest BCUT2D eigenvalue weighted by Gasteiger charge is -2.35. The zero-order valence-electron chi connectivity index (χ0n) is 15.4. The van der Waals surface area contributed by atoms with Gasteiger partial charge in [0.05, 0.1) is 5.39 Å². The average molecular weight is 365 g/mol. The number of benzene rings is 1. The van der Waals surface area contributed by atoms with Crippen LogP contribution in [0.15, 0.2) is 42.7 Å². The van der Waals surface area contributed by atoms with Gasteiger partial charge >= 0.3 is 0 Å². The van der Waals surface area contributed by atoms with Gasteiger partial charge in [0.25, 0.3) is 0 Å². The highest BCUT2D eigenvalue weighted by atomic mass is 32.1. The number of hydrogen-bond acceptors (Lipinski definition) is 5. The molecule has 0 amide bonds. The number of rotatable bonds is 4. The predicted molar refractivity (Wildman–Crippen MR) is 111 cm³/mol. The molecule has 26 heavy (non-hydrogen) atoms. The normalized spacial score (nSPS) is 16.0. The third-order valence-corrected chi connectivity index (χ3v) is 6.21. The van der Waals surface area contributed by atoms with Crippen molar-refractivity contribution in [2.75, 3.05) is 37.6 Å². The molecule has 0 bridgehead atoms. The number of aromatic nitrogens is 2. The topological polar surface area (TPSA) is 32.3 Å². The molecule has 0 radical (unpaired) electrons. The average Bonchev–Trinajstić information content (AvgIpc) is 2.97. The van der Waals surface area contributed by atoms with E-state index < -0.39 is 0 Å². The van der Waals surface area contributed by atoms with Gasteiger partial charge in [-0.1, -0.05) is 42.5 Å². The molecule has 3 heterocycles. The molecule has 0 spiro atoms. The van der Waals surface area contributed by atoms with Crippen LogP contribution in [0, 0.1) is 13.8 Å². The second kappa shape index (κ2) is 7.56. The molecule has 1 saturated heterocycles. The van der Waals surface area contributed by atoms with Crippen LogP contribution in [-0.2, 0) is 0 Å². The molecule has 1 aliphatic heterocycles. The Bertz CT molecular complexity index is 908. The van der Waals surface area contributed by atoms with Crippen molar-refractivity contribution in [1.82, 2.24) is 14.9 Å².